The summed E-state index contributed by atoms with van der Waals surface area (Å²) in [5.74, 6) is -0.112. The molecule has 0 aliphatic carbocycles. The highest BCUT2D eigenvalue weighted by atomic mass is 16.2. The van der Waals surface area contributed by atoms with Crippen LogP contribution in [0.3, 0.4) is 0 Å². The number of hydrogen-bond acceptors (Lipinski definition) is 2. The molecule has 2 amide bonds. The minimum Gasteiger partial charge on any atom is -0.344 e. The fourth-order valence-corrected chi connectivity index (χ4v) is 2.47. The molecule has 1 aromatic carbocycles. The number of carbonyl (C=O) groups excluding carboxylic acids is 2. The van der Waals surface area contributed by atoms with Crippen molar-refractivity contribution in [2.24, 2.45) is 5.92 Å². The van der Waals surface area contributed by atoms with Crippen LogP contribution >= 0.6 is 0 Å². The van der Waals surface area contributed by atoms with Crippen LogP contribution in [0.15, 0.2) is 24.3 Å². The Morgan fingerprint density at radius 2 is 1.95 bits per heavy atom. The Hall–Kier alpha value is -1.84. The molecular formula is C15H20N2O2. The second-order valence-electron chi connectivity index (χ2n) is 5.29. The van der Waals surface area contributed by atoms with Crippen molar-refractivity contribution >= 4 is 17.5 Å². The predicted molar refractivity (Wildman–Crippen MR) is 74.9 cm³/mol. The monoisotopic (exact) mass is 260 g/mol. The maximum Gasteiger partial charge on any atom is 0.249 e. The number of rotatable bonds is 3. The van der Waals surface area contributed by atoms with Gasteiger partial charge in [-0.1, -0.05) is 32.0 Å². The smallest absolute Gasteiger partial charge is 0.249 e. The third kappa shape index (κ3) is 2.78. The van der Waals surface area contributed by atoms with Crippen LogP contribution in [0.2, 0.25) is 0 Å². The zero-order valence-electron chi connectivity index (χ0n) is 11.6. The molecule has 2 rings (SSSR count). The highest BCUT2D eigenvalue weighted by Crippen LogP contribution is 2.28. The Bertz CT molecular complexity index is 497. The van der Waals surface area contributed by atoms with Crippen LogP contribution in [0.25, 0.3) is 0 Å². The average molecular weight is 260 g/mol. The molecule has 0 saturated heterocycles. The summed E-state index contributed by atoms with van der Waals surface area (Å²) in [6.07, 6.45) is 0.882. The van der Waals surface area contributed by atoms with E-state index in [0.29, 0.717) is 6.54 Å². The first kappa shape index (κ1) is 13.6. The van der Waals surface area contributed by atoms with Crippen molar-refractivity contribution in [3.8, 4) is 0 Å². The van der Waals surface area contributed by atoms with Gasteiger partial charge in [-0.2, -0.15) is 0 Å². The highest BCUT2D eigenvalue weighted by Gasteiger charge is 2.32. The zero-order valence-corrected chi connectivity index (χ0v) is 11.6. The molecule has 0 spiro atoms. The predicted octanol–water partition coefficient (Wildman–Crippen LogP) is 1.74. The lowest BCUT2D eigenvalue weighted by atomic mass is 10.0. The summed E-state index contributed by atoms with van der Waals surface area (Å²) in [6.45, 7) is 6.03. The molecule has 4 heteroatoms. The summed E-state index contributed by atoms with van der Waals surface area (Å²) in [5.41, 5.74) is 2.17. The van der Waals surface area contributed by atoms with Crippen LogP contribution in [-0.4, -0.2) is 24.4 Å². The average Bonchev–Trinajstić information content (AvgIpc) is 2.78. The number of amides is 2. The van der Waals surface area contributed by atoms with E-state index in [-0.39, 0.29) is 17.7 Å². The van der Waals surface area contributed by atoms with Crippen molar-refractivity contribution in [1.82, 2.24) is 5.32 Å². The molecule has 4 nitrogen and oxygen atoms in total. The van der Waals surface area contributed by atoms with Crippen molar-refractivity contribution in [3.63, 3.8) is 0 Å². The maximum absolute atomic E-state index is 12.6. The topological polar surface area (TPSA) is 49.4 Å². The lowest BCUT2D eigenvalue weighted by Crippen LogP contribution is -2.50. The van der Waals surface area contributed by atoms with E-state index >= 15 is 0 Å². The highest BCUT2D eigenvalue weighted by molar-refractivity contribution is 6.00. The third-order valence-corrected chi connectivity index (χ3v) is 3.44. The molecule has 0 unspecified atom stereocenters. The molecule has 1 heterocycles. The number of anilines is 1. The first-order valence-electron chi connectivity index (χ1n) is 6.67. The van der Waals surface area contributed by atoms with Crippen LogP contribution in [0.5, 0.6) is 0 Å². The van der Waals surface area contributed by atoms with Gasteiger partial charge >= 0.3 is 0 Å². The third-order valence-electron chi connectivity index (χ3n) is 3.44. The fourth-order valence-electron chi connectivity index (χ4n) is 2.47. The Labute approximate surface area is 113 Å². The van der Waals surface area contributed by atoms with Gasteiger partial charge in [-0.25, -0.2) is 0 Å². The normalized spacial score (nSPS) is 15.3. The number of benzene rings is 1. The Kier molecular flexibility index (Phi) is 3.88. The van der Waals surface area contributed by atoms with E-state index in [1.54, 1.807) is 4.90 Å². The van der Waals surface area contributed by atoms with Crippen LogP contribution in [-0.2, 0) is 16.0 Å². The van der Waals surface area contributed by atoms with Gasteiger partial charge in [-0.05, 0) is 24.0 Å². The largest absolute Gasteiger partial charge is 0.344 e. The number of carbonyl (C=O) groups is 2. The van der Waals surface area contributed by atoms with E-state index in [1.165, 1.54) is 12.5 Å². The molecule has 0 bridgehead atoms. The van der Waals surface area contributed by atoms with E-state index in [2.05, 4.69) is 5.32 Å². The molecule has 19 heavy (non-hydrogen) atoms. The van der Waals surface area contributed by atoms with Crippen LogP contribution < -0.4 is 10.2 Å². The van der Waals surface area contributed by atoms with Gasteiger partial charge < -0.3 is 10.2 Å². The first-order valence-corrected chi connectivity index (χ1v) is 6.67. The van der Waals surface area contributed by atoms with Gasteiger partial charge in [0.15, 0.2) is 0 Å². The number of para-hydroxylation sites is 1. The number of nitrogens with zero attached hydrogens (tertiary/aromatic N) is 1. The summed E-state index contributed by atoms with van der Waals surface area (Å²) in [5, 5.41) is 2.76. The minimum atomic E-state index is -0.455. The molecule has 0 aromatic heterocycles. The SMILES string of the molecule is CC(=O)N[C@H](C(=O)N1CCc2ccccc21)C(C)C. The van der Waals surface area contributed by atoms with Gasteiger partial charge in [-0.15, -0.1) is 0 Å². The van der Waals surface area contributed by atoms with Crippen molar-refractivity contribution < 1.29 is 9.59 Å². The Balaban J connectivity index is 2.22. The summed E-state index contributed by atoms with van der Waals surface area (Å²) >= 11 is 0. The van der Waals surface area contributed by atoms with Crippen LogP contribution in [0.1, 0.15) is 26.3 Å². The number of hydrogen-bond donors (Lipinski definition) is 1. The quantitative estimate of drug-likeness (QED) is 0.900. The molecule has 1 aliphatic rings. The second-order valence-corrected chi connectivity index (χ2v) is 5.29. The molecule has 0 saturated carbocycles. The van der Waals surface area contributed by atoms with Crippen molar-refractivity contribution in [2.75, 3.05) is 11.4 Å². The summed E-state index contributed by atoms with van der Waals surface area (Å²) in [4.78, 5) is 25.6. The fraction of sp³-hybridized carbons (Fsp3) is 0.467. The molecule has 1 aliphatic heterocycles. The maximum atomic E-state index is 12.6. The Morgan fingerprint density at radius 1 is 1.26 bits per heavy atom. The molecule has 1 atom stereocenters. The van der Waals surface area contributed by atoms with E-state index in [4.69, 9.17) is 0 Å². The Morgan fingerprint density at radius 3 is 2.58 bits per heavy atom. The molecule has 1 N–H and O–H groups in total. The van der Waals surface area contributed by atoms with Crippen molar-refractivity contribution in [3.05, 3.63) is 29.8 Å². The lowest BCUT2D eigenvalue weighted by molar-refractivity contribution is -0.127. The molecule has 1 aromatic rings. The zero-order chi connectivity index (χ0) is 14.0. The minimum absolute atomic E-state index is 0.0184. The summed E-state index contributed by atoms with van der Waals surface area (Å²) in [7, 11) is 0. The van der Waals surface area contributed by atoms with E-state index in [0.717, 1.165) is 12.1 Å². The van der Waals surface area contributed by atoms with Gasteiger partial charge in [0.1, 0.15) is 6.04 Å². The van der Waals surface area contributed by atoms with Crippen LogP contribution in [0, 0.1) is 5.92 Å². The molecular weight excluding hydrogens is 240 g/mol. The van der Waals surface area contributed by atoms with Gasteiger partial charge in [0.25, 0.3) is 0 Å². The second kappa shape index (κ2) is 5.43. The first-order chi connectivity index (χ1) is 9.00. The van der Waals surface area contributed by atoms with E-state index in [1.807, 2.05) is 38.1 Å². The molecule has 0 radical (unpaired) electrons. The lowest BCUT2D eigenvalue weighted by Gasteiger charge is -2.26. The number of nitrogens with one attached hydrogen (secondary N) is 1. The van der Waals surface area contributed by atoms with Gasteiger partial charge in [-0.3, -0.25) is 9.59 Å². The standard InChI is InChI=1S/C15H20N2O2/c1-10(2)14(16-11(3)18)15(19)17-9-8-12-6-4-5-7-13(12)17/h4-7,10,14H,8-9H2,1-3H3,(H,16,18)/t14-/m0/s1. The van der Waals surface area contributed by atoms with Gasteiger partial charge in [0.2, 0.25) is 11.8 Å². The van der Waals surface area contributed by atoms with E-state index < -0.39 is 6.04 Å². The van der Waals surface area contributed by atoms with Crippen molar-refractivity contribution in [2.45, 2.75) is 33.2 Å². The van der Waals surface area contributed by atoms with Crippen molar-refractivity contribution in [1.29, 1.82) is 0 Å². The van der Waals surface area contributed by atoms with E-state index in [9.17, 15) is 9.59 Å². The molecule has 102 valence electrons. The van der Waals surface area contributed by atoms with Gasteiger partial charge in [0.05, 0.1) is 0 Å². The molecule has 0 fully saturated rings. The van der Waals surface area contributed by atoms with Crippen LogP contribution in [0.4, 0.5) is 5.69 Å². The number of fused-ring (bicyclic) bond motifs is 1. The van der Waals surface area contributed by atoms with Gasteiger partial charge in [0, 0.05) is 19.2 Å². The summed E-state index contributed by atoms with van der Waals surface area (Å²) in [6, 6.07) is 7.48. The summed E-state index contributed by atoms with van der Waals surface area (Å²) < 4.78 is 0.